The Bertz CT molecular complexity index is 439. The highest BCUT2D eigenvalue weighted by molar-refractivity contribution is 5.83. The van der Waals surface area contributed by atoms with Crippen LogP contribution in [0.1, 0.15) is 37.7 Å². The van der Waals surface area contributed by atoms with Gasteiger partial charge in [-0.05, 0) is 31.4 Å². The van der Waals surface area contributed by atoms with Crippen LogP contribution in [-0.4, -0.2) is 10.4 Å². The molecule has 2 N–H and O–H groups in total. The number of nitrogens with one attached hydrogen (secondary N) is 2. The smallest absolute Gasteiger partial charge is 0.130 e. The van der Waals surface area contributed by atoms with Crippen LogP contribution in [0.15, 0.2) is 18.3 Å². The molecule has 1 aromatic rings. The molecule has 1 aliphatic carbocycles. The van der Waals surface area contributed by atoms with Gasteiger partial charge in [0, 0.05) is 12.1 Å². The van der Waals surface area contributed by atoms with Crippen molar-refractivity contribution < 1.29 is 0 Å². The predicted molar refractivity (Wildman–Crippen MR) is 64.7 cm³/mol. The van der Waals surface area contributed by atoms with E-state index in [-0.39, 0.29) is 0 Å². The Balaban J connectivity index is 2.25. The third kappa shape index (κ3) is 2.23. The van der Waals surface area contributed by atoms with E-state index < -0.39 is 0 Å². The fraction of sp³-hybridized carbons (Fsp3) is 0.538. The molecular formula is C13H19N3. The van der Waals surface area contributed by atoms with E-state index in [0.29, 0.717) is 17.2 Å². The number of aromatic nitrogens is 1. The lowest BCUT2D eigenvalue weighted by atomic mass is 9.88. The van der Waals surface area contributed by atoms with Crippen LogP contribution in [0.2, 0.25) is 0 Å². The molecule has 2 rings (SSSR count). The van der Waals surface area contributed by atoms with Crippen molar-refractivity contribution in [2.24, 2.45) is 5.92 Å². The fourth-order valence-corrected chi connectivity index (χ4v) is 2.38. The van der Waals surface area contributed by atoms with Crippen molar-refractivity contribution in [1.82, 2.24) is 4.57 Å². The molecule has 0 radical (unpaired) electrons. The minimum Gasteiger partial charge on any atom is -0.290 e. The maximum atomic E-state index is 8.20. The van der Waals surface area contributed by atoms with E-state index in [9.17, 15) is 0 Å². The molecule has 1 fully saturated rings. The van der Waals surface area contributed by atoms with Crippen LogP contribution in [0.4, 0.5) is 0 Å². The van der Waals surface area contributed by atoms with Gasteiger partial charge in [0.15, 0.2) is 0 Å². The zero-order valence-corrected chi connectivity index (χ0v) is 9.79. The highest BCUT2D eigenvalue weighted by Crippen LogP contribution is 2.24. The minimum atomic E-state index is 0.352. The zero-order chi connectivity index (χ0) is 11.5. The minimum absolute atomic E-state index is 0.352. The lowest BCUT2D eigenvalue weighted by molar-refractivity contribution is 0.430. The molecule has 3 heteroatoms. The summed E-state index contributed by atoms with van der Waals surface area (Å²) in [7, 11) is 0. The second kappa shape index (κ2) is 4.64. The molecule has 0 aliphatic heterocycles. The molecular weight excluding hydrogens is 198 g/mol. The van der Waals surface area contributed by atoms with Crippen LogP contribution in [0.5, 0.6) is 0 Å². The van der Waals surface area contributed by atoms with E-state index in [0.717, 1.165) is 18.4 Å². The third-order valence-corrected chi connectivity index (χ3v) is 3.35. The van der Waals surface area contributed by atoms with Crippen LogP contribution in [0, 0.1) is 23.7 Å². The van der Waals surface area contributed by atoms with Crippen molar-refractivity contribution in [2.45, 2.75) is 39.0 Å². The molecule has 0 amide bonds. The van der Waals surface area contributed by atoms with Gasteiger partial charge in [0.1, 0.15) is 11.3 Å². The molecule has 0 unspecified atom stereocenters. The van der Waals surface area contributed by atoms with E-state index >= 15 is 0 Å². The molecule has 1 aromatic heterocycles. The van der Waals surface area contributed by atoms with Crippen molar-refractivity contribution in [2.75, 3.05) is 0 Å². The fourth-order valence-electron chi connectivity index (χ4n) is 2.38. The molecule has 1 heterocycles. The Morgan fingerprint density at radius 1 is 1.25 bits per heavy atom. The summed E-state index contributed by atoms with van der Waals surface area (Å²) < 4.78 is 1.73. The van der Waals surface area contributed by atoms with Gasteiger partial charge in [0.2, 0.25) is 0 Å². The van der Waals surface area contributed by atoms with Gasteiger partial charge in [-0.15, -0.1) is 0 Å². The number of hydrogen-bond acceptors (Lipinski definition) is 2. The summed E-state index contributed by atoms with van der Waals surface area (Å²) in [5.74, 6) is 0.957. The topological polar surface area (TPSA) is 52.6 Å². The van der Waals surface area contributed by atoms with E-state index in [1.165, 1.54) is 19.3 Å². The first-order valence-electron chi connectivity index (χ1n) is 6.01. The Labute approximate surface area is 96.1 Å². The SMILES string of the molecule is Cc1ccc(=N)n(C(=N)C2CCCCC2)c1. The van der Waals surface area contributed by atoms with Crippen LogP contribution in [0.3, 0.4) is 0 Å². The Morgan fingerprint density at radius 2 is 1.94 bits per heavy atom. The molecule has 1 aliphatic rings. The summed E-state index contributed by atoms with van der Waals surface area (Å²) in [6, 6.07) is 3.69. The van der Waals surface area contributed by atoms with Crippen LogP contribution in [-0.2, 0) is 0 Å². The van der Waals surface area contributed by atoms with E-state index in [1.54, 1.807) is 10.6 Å². The van der Waals surface area contributed by atoms with Gasteiger partial charge in [-0.1, -0.05) is 25.3 Å². The van der Waals surface area contributed by atoms with Gasteiger partial charge in [0.05, 0.1) is 0 Å². The van der Waals surface area contributed by atoms with E-state index in [4.69, 9.17) is 10.8 Å². The molecule has 0 aromatic carbocycles. The second-order valence-electron chi connectivity index (χ2n) is 4.68. The number of hydrogen-bond donors (Lipinski definition) is 2. The van der Waals surface area contributed by atoms with Gasteiger partial charge < -0.3 is 0 Å². The standard InChI is InChI=1S/C13H19N3/c1-10-7-8-12(14)16(9-10)13(15)11-5-3-2-4-6-11/h7-9,11,14-15H,2-6H2,1H3. The largest absolute Gasteiger partial charge is 0.290 e. The highest BCUT2D eigenvalue weighted by atomic mass is 15.0. The first-order chi connectivity index (χ1) is 7.68. The first-order valence-corrected chi connectivity index (χ1v) is 6.01. The maximum Gasteiger partial charge on any atom is 0.130 e. The summed E-state index contributed by atoms with van der Waals surface area (Å²) in [5.41, 5.74) is 1.53. The molecule has 3 nitrogen and oxygen atoms in total. The van der Waals surface area contributed by atoms with Crippen molar-refractivity contribution in [1.29, 1.82) is 10.8 Å². The summed E-state index contributed by atoms with van der Waals surface area (Å²) in [6.07, 6.45) is 7.88. The Hall–Kier alpha value is -1.38. The quantitative estimate of drug-likeness (QED) is 0.537. The maximum absolute atomic E-state index is 8.20. The summed E-state index contributed by atoms with van der Waals surface area (Å²) in [6.45, 7) is 2.00. The van der Waals surface area contributed by atoms with Gasteiger partial charge in [-0.2, -0.15) is 0 Å². The number of aryl methyl sites for hydroxylation is 1. The lowest BCUT2D eigenvalue weighted by Gasteiger charge is -2.23. The Morgan fingerprint density at radius 3 is 2.62 bits per heavy atom. The second-order valence-corrected chi connectivity index (χ2v) is 4.68. The average molecular weight is 217 g/mol. The summed E-state index contributed by atoms with van der Waals surface area (Å²) in [4.78, 5) is 0. The molecule has 1 saturated carbocycles. The van der Waals surface area contributed by atoms with Gasteiger partial charge in [-0.25, -0.2) is 0 Å². The normalized spacial score (nSPS) is 17.3. The summed E-state index contributed by atoms with van der Waals surface area (Å²) in [5, 5.41) is 16.0. The molecule has 0 saturated heterocycles. The van der Waals surface area contributed by atoms with Gasteiger partial charge >= 0.3 is 0 Å². The van der Waals surface area contributed by atoms with Gasteiger partial charge in [0.25, 0.3) is 0 Å². The van der Waals surface area contributed by atoms with Crippen molar-refractivity contribution in [3.05, 3.63) is 29.4 Å². The average Bonchev–Trinajstić information content (AvgIpc) is 2.32. The van der Waals surface area contributed by atoms with Crippen LogP contribution < -0.4 is 5.49 Å². The van der Waals surface area contributed by atoms with Crippen molar-refractivity contribution in [3.63, 3.8) is 0 Å². The molecule has 0 spiro atoms. The third-order valence-electron chi connectivity index (χ3n) is 3.35. The first kappa shape index (κ1) is 11.1. The predicted octanol–water partition coefficient (Wildman–Crippen LogP) is 2.68. The molecule has 0 bridgehead atoms. The number of nitrogens with zero attached hydrogens (tertiary/aromatic N) is 1. The lowest BCUT2D eigenvalue weighted by Crippen LogP contribution is -2.32. The monoisotopic (exact) mass is 217 g/mol. The van der Waals surface area contributed by atoms with Crippen LogP contribution in [0.25, 0.3) is 0 Å². The van der Waals surface area contributed by atoms with Gasteiger partial charge in [-0.3, -0.25) is 15.4 Å². The van der Waals surface area contributed by atoms with Crippen molar-refractivity contribution >= 4 is 5.84 Å². The Kier molecular flexibility index (Phi) is 3.22. The van der Waals surface area contributed by atoms with Crippen LogP contribution >= 0.6 is 0 Å². The van der Waals surface area contributed by atoms with E-state index in [2.05, 4.69) is 0 Å². The highest BCUT2D eigenvalue weighted by Gasteiger charge is 2.19. The molecule has 0 atom stereocenters. The number of pyridine rings is 1. The molecule has 16 heavy (non-hydrogen) atoms. The zero-order valence-electron chi connectivity index (χ0n) is 9.79. The molecule has 86 valence electrons. The van der Waals surface area contributed by atoms with E-state index in [1.807, 2.05) is 19.2 Å². The van der Waals surface area contributed by atoms with Crippen molar-refractivity contribution in [3.8, 4) is 0 Å². The number of rotatable bonds is 1. The summed E-state index contributed by atoms with van der Waals surface area (Å²) >= 11 is 0.